The standard InChI is InChI=1S/C23H26N4O3/c1-3-30-23(29)20-15-25-27(21(20)24)19-13-11-18(12-14-19)22(28)26-16(2)9-10-17-7-5-4-6-8-17/h4-8,11-16H,3,9-10,24H2,1-2H3,(H,26,28)/t16-/m1/s1. The minimum absolute atomic E-state index is 0.0475. The summed E-state index contributed by atoms with van der Waals surface area (Å²) in [5.74, 6) is -0.454. The zero-order chi connectivity index (χ0) is 21.5. The van der Waals surface area contributed by atoms with Gasteiger partial charge in [-0.3, -0.25) is 4.79 Å². The van der Waals surface area contributed by atoms with Crippen molar-refractivity contribution in [2.75, 3.05) is 12.3 Å². The number of nitrogen functional groups attached to an aromatic ring is 1. The Hall–Kier alpha value is -3.61. The number of benzene rings is 2. The molecular formula is C23H26N4O3. The van der Waals surface area contributed by atoms with Crippen LogP contribution in [0.2, 0.25) is 0 Å². The van der Waals surface area contributed by atoms with Crippen LogP contribution in [0.15, 0.2) is 60.8 Å². The highest BCUT2D eigenvalue weighted by molar-refractivity contribution is 5.95. The number of ether oxygens (including phenoxy) is 1. The van der Waals surface area contributed by atoms with Gasteiger partial charge in [-0.25, -0.2) is 9.48 Å². The maximum absolute atomic E-state index is 12.5. The minimum Gasteiger partial charge on any atom is -0.462 e. The molecular weight excluding hydrogens is 380 g/mol. The fourth-order valence-electron chi connectivity index (χ4n) is 3.09. The lowest BCUT2D eigenvalue weighted by atomic mass is 10.1. The van der Waals surface area contributed by atoms with Crippen LogP contribution >= 0.6 is 0 Å². The first-order valence-corrected chi connectivity index (χ1v) is 9.95. The van der Waals surface area contributed by atoms with E-state index >= 15 is 0 Å². The quantitative estimate of drug-likeness (QED) is 0.559. The van der Waals surface area contributed by atoms with Crippen LogP contribution in [0.3, 0.4) is 0 Å². The Morgan fingerprint density at radius 2 is 1.83 bits per heavy atom. The van der Waals surface area contributed by atoms with E-state index in [0.29, 0.717) is 11.3 Å². The van der Waals surface area contributed by atoms with Crippen molar-refractivity contribution in [1.29, 1.82) is 0 Å². The van der Waals surface area contributed by atoms with Gasteiger partial charge in [0.25, 0.3) is 5.91 Å². The lowest BCUT2D eigenvalue weighted by molar-refractivity contribution is 0.0527. The highest BCUT2D eigenvalue weighted by Crippen LogP contribution is 2.18. The third-order valence-corrected chi connectivity index (χ3v) is 4.76. The zero-order valence-electron chi connectivity index (χ0n) is 17.2. The molecule has 0 saturated carbocycles. The van der Waals surface area contributed by atoms with Gasteiger partial charge < -0.3 is 15.8 Å². The number of aromatic nitrogens is 2. The van der Waals surface area contributed by atoms with Gasteiger partial charge in [-0.15, -0.1) is 0 Å². The number of carbonyl (C=O) groups is 2. The van der Waals surface area contributed by atoms with Crippen LogP contribution in [0.25, 0.3) is 5.69 Å². The normalized spacial score (nSPS) is 11.7. The van der Waals surface area contributed by atoms with Crippen molar-refractivity contribution in [2.45, 2.75) is 32.7 Å². The Kier molecular flexibility index (Phi) is 6.85. The largest absolute Gasteiger partial charge is 0.462 e. The summed E-state index contributed by atoms with van der Waals surface area (Å²) in [5, 5.41) is 7.18. The van der Waals surface area contributed by atoms with Crippen molar-refractivity contribution in [3.05, 3.63) is 77.5 Å². The predicted molar refractivity (Wildman–Crippen MR) is 116 cm³/mol. The first-order chi connectivity index (χ1) is 14.5. The number of amides is 1. The van der Waals surface area contributed by atoms with Crippen molar-refractivity contribution in [2.24, 2.45) is 0 Å². The van der Waals surface area contributed by atoms with Gasteiger partial charge in [0, 0.05) is 11.6 Å². The van der Waals surface area contributed by atoms with Crippen molar-refractivity contribution < 1.29 is 14.3 Å². The monoisotopic (exact) mass is 406 g/mol. The molecule has 0 aliphatic heterocycles. The van der Waals surface area contributed by atoms with Crippen LogP contribution in [0.5, 0.6) is 0 Å². The predicted octanol–water partition coefficient (Wildman–Crippen LogP) is 3.38. The van der Waals surface area contributed by atoms with Gasteiger partial charge in [0.1, 0.15) is 11.4 Å². The fraction of sp³-hybridized carbons (Fsp3) is 0.261. The van der Waals surface area contributed by atoms with Gasteiger partial charge in [-0.2, -0.15) is 5.10 Å². The molecule has 1 atom stereocenters. The fourth-order valence-corrected chi connectivity index (χ4v) is 3.09. The Labute approximate surface area is 175 Å². The van der Waals surface area contributed by atoms with Crippen molar-refractivity contribution >= 4 is 17.7 Å². The number of nitrogens with zero attached hydrogens (tertiary/aromatic N) is 2. The van der Waals surface area contributed by atoms with Crippen LogP contribution in [0.4, 0.5) is 5.82 Å². The Morgan fingerprint density at radius 1 is 1.13 bits per heavy atom. The molecule has 0 aliphatic rings. The highest BCUT2D eigenvalue weighted by atomic mass is 16.5. The summed E-state index contributed by atoms with van der Waals surface area (Å²) in [5.41, 5.74) is 8.69. The molecule has 0 bridgehead atoms. The summed E-state index contributed by atoms with van der Waals surface area (Å²) in [7, 11) is 0. The Morgan fingerprint density at radius 3 is 2.50 bits per heavy atom. The molecule has 0 saturated heterocycles. The van der Waals surface area contributed by atoms with E-state index < -0.39 is 5.97 Å². The average Bonchev–Trinajstić information content (AvgIpc) is 3.14. The number of nitrogens with two attached hydrogens (primary N) is 1. The molecule has 7 nitrogen and oxygen atoms in total. The molecule has 3 rings (SSSR count). The van der Waals surface area contributed by atoms with Crippen LogP contribution in [-0.4, -0.2) is 34.3 Å². The van der Waals surface area contributed by atoms with Crippen LogP contribution in [0.1, 0.15) is 46.5 Å². The molecule has 3 N–H and O–H groups in total. The topological polar surface area (TPSA) is 99.2 Å². The second-order valence-corrected chi connectivity index (χ2v) is 7.02. The number of anilines is 1. The van der Waals surface area contributed by atoms with Crippen LogP contribution in [-0.2, 0) is 11.2 Å². The Bertz CT molecular complexity index is 997. The maximum atomic E-state index is 12.5. The SMILES string of the molecule is CCOC(=O)c1cnn(-c2ccc(C(=O)N[C@H](C)CCc3ccccc3)cc2)c1N. The first-order valence-electron chi connectivity index (χ1n) is 9.95. The van der Waals surface area contributed by atoms with E-state index in [1.54, 1.807) is 31.2 Å². The molecule has 2 aromatic carbocycles. The smallest absolute Gasteiger partial charge is 0.343 e. The Balaban J connectivity index is 1.61. The van der Waals surface area contributed by atoms with Gasteiger partial charge in [0.15, 0.2) is 0 Å². The van der Waals surface area contributed by atoms with E-state index in [1.807, 2.05) is 25.1 Å². The molecule has 1 amide bonds. The minimum atomic E-state index is -0.512. The van der Waals surface area contributed by atoms with E-state index in [2.05, 4.69) is 22.5 Å². The molecule has 3 aromatic rings. The summed E-state index contributed by atoms with van der Waals surface area (Å²) in [6.45, 7) is 3.98. The molecule has 1 heterocycles. The summed E-state index contributed by atoms with van der Waals surface area (Å²) < 4.78 is 6.41. The highest BCUT2D eigenvalue weighted by Gasteiger charge is 2.17. The molecule has 156 valence electrons. The van der Waals surface area contributed by atoms with Crippen LogP contribution < -0.4 is 11.1 Å². The number of esters is 1. The molecule has 0 radical (unpaired) electrons. The number of aryl methyl sites for hydroxylation is 1. The molecule has 0 aliphatic carbocycles. The van der Waals surface area contributed by atoms with Crippen molar-refractivity contribution in [3.8, 4) is 5.69 Å². The molecule has 0 fully saturated rings. The number of hydrogen-bond donors (Lipinski definition) is 2. The molecule has 1 aromatic heterocycles. The van der Waals surface area contributed by atoms with Gasteiger partial charge in [-0.1, -0.05) is 30.3 Å². The van der Waals surface area contributed by atoms with E-state index in [1.165, 1.54) is 16.4 Å². The molecule has 7 heteroatoms. The number of carbonyl (C=O) groups excluding carboxylic acids is 2. The van der Waals surface area contributed by atoms with Gasteiger partial charge in [-0.05, 0) is 56.5 Å². The second kappa shape index (κ2) is 9.73. The van der Waals surface area contributed by atoms with E-state index in [9.17, 15) is 9.59 Å². The summed E-state index contributed by atoms with van der Waals surface area (Å²) >= 11 is 0. The summed E-state index contributed by atoms with van der Waals surface area (Å²) in [6, 6.07) is 17.1. The van der Waals surface area contributed by atoms with Crippen molar-refractivity contribution in [1.82, 2.24) is 15.1 Å². The molecule has 0 spiro atoms. The van der Waals surface area contributed by atoms with E-state index in [-0.39, 0.29) is 29.9 Å². The van der Waals surface area contributed by atoms with Crippen molar-refractivity contribution in [3.63, 3.8) is 0 Å². The molecule has 30 heavy (non-hydrogen) atoms. The average molecular weight is 406 g/mol. The molecule has 0 unspecified atom stereocenters. The van der Waals surface area contributed by atoms with Gasteiger partial charge in [0.05, 0.1) is 18.5 Å². The third-order valence-electron chi connectivity index (χ3n) is 4.76. The first kappa shape index (κ1) is 21.1. The number of rotatable bonds is 8. The van der Waals surface area contributed by atoms with Gasteiger partial charge in [0.2, 0.25) is 0 Å². The van der Waals surface area contributed by atoms with Crippen LogP contribution in [0, 0.1) is 0 Å². The van der Waals surface area contributed by atoms with E-state index in [0.717, 1.165) is 12.8 Å². The number of hydrogen-bond acceptors (Lipinski definition) is 5. The maximum Gasteiger partial charge on any atom is 0.343 e. The third kappa shape index (κ3) is 5.05. The zero-order valence-corrected chi connectivity index (χ0v) is 17.2. The number of nitrogens with one attached hydrogen (secondary N) is 1. The second-order valence-electron chi connectivity index (χ2n) is 7.02. The lowest BCUT2D eigenvalue weighted by Gasteiger charge is -2.14. The van der Waals surface area contributed by atoms with E-state index in [4.69, 9.17) is 10.5 Å². The lowest BCUT2D eigenvalue weighted by Crippen LogP contribution is -2.32. The summed E-state index contributed by atoms with van der Waals surface area (Å²) in [6.07, 6.45) is 3.14. The summed E-state index contributed by atoms with van der Waals surface area (Å²) in [4.78, 5) is 24.4. The van der Waals surface area contributed by atoms with Gasteiger partial charge >= 0.3 is 5.97 Å².